The van der Waals surface area contributed by atoms with Crippen LogP contribution in [0.15, 0.2) is 24.3 Å². The fourth-order valence-electron chi connectivity index (χ4n) is 3.38. The SMILES string of the molecule is c1cc2ccc1C(OCC1CO1)C2N(CC1CO1)CC1CO1. The summed E-state index contributed by atoms with van der Waals surface area (Å²) in [5.41, 5.74) is 2.59. The van der Waals surface area contributed by atoms with E-state index >= 15 is 0 Å². The molecule has 5 aliphatic rings. The van der Waals surface area contributed by atoms with Crippen LogP contribution in [0.4, 0.5) is 0 Å². The van der Waals surface area contributed by atoms with Crippen molar-refractivity contribution in [3.05, 3.63) is 35.4 Å². The summed E-state index contributed by atoms with van der Waals surface area (Å²) in [6.07, 6.45) is 1.16. The summed E-state index contributed by atoms with van der Waals surface area (Å²) >= 11 is 0. The number of nitrogens with zero attached hydrogens (tertiary/aromatic N) is 1. The molecule has 0 radical (unpaired) electrons. The van der Waals surface area contributed by atoms with Crippen LogP contribution in [0.2, 0.25) is 0 Å². The molecule has 1 aromatic carbocycles. The molecule has 3 fully saturated rings. The molecular formula is C17H21NO4. The summed E-state index contributed by atoms with van der Waals surface area (Å²) in [7, 11) is 0. The van der Waals surface area contributed by atoms with E-state index in [1.807, 2.05) is 0 Å². The lowest BCUT2D eigenvalue weighted by atomic mass is 9.87. The van der Waals surface area contributed by atoms with Crippen LogP contribution < -0.4 is 0 Å². The Morgan fingerprint density at radius 2 is 1.41 bits per heavy atom. The minimum Gasteiger partial charge on any atom is -0.372 e. The first-order valence-corrected chi connectivity index (χ1v) is 8.17. The van der Waals surface area contributed by atoms with Gasteiger partial charge in [0.15, 0.2) is 0 Å². The van der Waals surface area contributed by atoms with Gasteiger partial charge < -0.3 is 18.9 Å². The molecule has 0 spiro atoms. The van der Waals surface area contributed by atoms with Crippen LogP contribution >= 0.6 is 0 Å². The Morgan fingerprint density at radius 3 is 1.95 bits per heavy atom. The summed E-state index contributed by atoms with van der Waals surface area (Å²) in [6, 6.07) is 9.09. The van der Waals surface area contributed by atoms with Gasteiger partial charge >= 0.3 is 0 Å². The first-order valence-electron chi connectivity index (χ1n) is 8.17. The van der Waals surface area contributed by atoms with Crippen molar-refractivity contribution in [3.63, 3.8) is 0 Å². The molecular weight excluding hydrogens is 282 g/mol. The van der Waals surface area contributed by atoms with Gasteiger partial charge in [-0.1, -0.05) is 24.3 Å². The number of rotatable bonds is 8. The van der Waals surface area contributed by atoms with Gasteiger partial charge in [-0.2, -0.15) is 0 Å². The highest BCUT2D eigenvalue weighted by Gasteiger charge is 2.41. The van der Waals surface area contributed by atoms with Gasteiger partial charge in [0.05, 0.1) is 44.7 Å². The summed E-state index contributed by atoms with van der Waals surface area (Å²) in [5.74, 6) is 0. The lowest BCUT2D eigenvalue weighted by molar-refractivity contribution is -0.0302. The predicted octanol–water partition coefficient (Wildman–Crippen LogP) is 1.30. The van der Waals surface area contributed by atoms with Crippen LogP contribution in [-0.4, -0.2) is 62.7 Å². The van der Waals surface area contributed by atoms with Gasteiger partial charge in [-0.25, -0.2) is 0 Å². The molecule has 5 nitrogen and oxygen atoms in total. The van der Waals surface area contributed by atoms with Crippen LogP contribution in [0.25, 0.3) is 0 Å². The van der Waals surface area contributed by atoms with Crippen molar-refractivity contribution in [2.75, 3.05) is 39.5 Å². The minimum absolute atomic E-state index is 0.103. The van der Waals surface area contributed by atoms with E-state index in [0.717, 1.165) is 32.9 Å². The summed E-state index contributed by atoms with van der Waals surface area (Å²) in [5, 5.41) is 0. The molecule has 5 unspecified atom stereocenters. The lowest BCUT2D eigenvalue weighted by Gasteiger charge is -2.40. The van der Waals surface area contributed by atoms with E-state index in [1.165, 1.54) is 11.1 Å². The second-order valence-corrected chi connectivity index (χ2v) is 6.69. The Balaban J connectivity index is 1.37. The van der Waals surface area contributed by atoms with Gasteiger partial charge in [0, 0.05) is 13.1 Å². The largest absolute Gasteiger partial charge is 0.372 e. The number of benzene rings is 1. The molecule has 2 aliphatic carbocycles. The molecule has 6 rings (SSSR count). The first kappa shape index (κ1) is 13.5. The van der Waals surface area contributed by atoms with E-state index in [0.29, 0.717) is 24.9 Å². The lowest BCUT2D eigenvalue weighted by Crippen LogP contribution is -2.40. The Kier molecular flexibility index (Phi) is 3.23. The second kappa shape index (κ2) is 5.28. The van der Waals surface area contributed by atoms with Gasteiger partial charge in [0.1, 0.15) is 12.2 Å². The summed E-state index contributed by atoms with van der Waals surface area (Å²) < 4.78 is 22.4. The maximum Gasteiger partial charge on any atom is 0.104 e. The highest BCUT2D eigenvalue weighted by Crippen LogP contribution is 2.43. The number of hydrogen-bond donors (Lipinski definition) is 0. The first-order chi connectivity index (χ1) is 10.9. The Bertz CT molecular complexity index is 522. The van der Waals surface area contributed by atoms with Crippen LogP contribution in [0.5, 0.6) is 0 Å². The van der Waals surface area contributed by atoms with E-state index in [4.69, 9.17) is 18.9 Å². The van der Waals surface area contributed by atoms with Crippen LogP contribution in [0.3, 0.4) is 0 Å². The van der Waals surface area contributed by atoms with Gasteiger partial charge in [-0.3, -0.25) is 4.90 Å². The standard InChI is InChI=1S/C17H21NO4/c1-3-12-4-2-11(1)16(17(12)22-10-15-9-21-15)18(5-13-7-19-13)6-14-8-20-14/h1-4,13-17H,5-10H2. The third kappa shape index (κ3) is 2.79. The van der Waals surface area contributed by atoms with Crippen molar-refractivity contribution in [2.45, 2.75) is 30.5 Å². The maximum atomic E-state index is 6.23. The molecule has 3 aliphatic heterocycles. The van der Waals surface area contributed by atoms with Gasteiger partial charge in [0.2, 0.25) is 0 Å². The van der Waals surface area contributed by atoms with Crippen molar-refractivity contribution >= 4 is 0 Å². The predicted molar refractivity (Wildman–Crippen MR) is 78.7 cm³/mol. The molecule has 0 amide bonds. The molecule has 2 bridgehead atoms. The van der Waals surface area contributed by atoms with Crippen molar-refractivity contribution in [3.8, 4) is 0 Å². The van der Waals surface area contributed by atoms with E-state index < -0.39 is 0 Å². The average Bonchev–Trinajstić information content (AvgIpc) is 3.37. The van der Waals surface area contributed by atoms with Gasteiger partial charge in [-0.15, -0.1) is 0 Å². The minimum atomic E-state index is 0.103. The number of ether oxygens (including phenoxy) is 4. The molecule has 5 heteroatoms. The normalized spacial score (nSPS) is 37.6. The molecule has 3 saturated heterocycles. The monoisotopic (exact) mass is 303 g/mol. The zero-order chi connectivity index (χ0) is 14.5. The third-order valence-corrected chi connectivity index (χ3v) is 4.83. The topological polar surface area (TPSA) is 50.1 Å². The van der Waals surface area contributed by atoms with Crippen molar-refractivity contribution in [1.82, 2.24) is 4.90 Å². The molecule has 22 heavy (non-hydrogen) atoms. The molecule has 0 aromatic heterocycles. The zero-order valence-corrected chi connectivity index (χ0v) is 12.5. The molecule has 0 saturated carbocycles. The zero-order valence-electron chi connectivity index (χ0n) is 12.5. The molecule has 5 atom stereocenters. The quantitative estimate of drug-likeness (QED) is 0.678. The Hall–Kier alpha value is -0.980. The Labute approximate surface area is 130 Å². The van der Waals surface area contributed by atoms with E-state index in [1.54, 1.807) is 0 Å². The van der Waals surface area contributed by atoms with Crippen LogP contribution in [-0.2, 0) is 18.9 Å². The van der Waals surface area contributed by atoms with E-state index in [9.17, 15) is 0 Å². The van der Waals surface area contributed by atoms with Gasteiger partial charge in [-0.05, 0) is 11.1 Å². The van der Waals surface area contributed by atoms with Gasteiger partial charge in [0.25, 0.3) is 0 Å². The molecule has 1 aromatic rings. The highest BCUT2D eigenvalue weighted by molar-refractivity contribution is 5.35. The third-order valence-electron chi connectivity index (χ3n) is 4.83. The fourth-order valence-corrected chi connectivity index (χ4v) is 3.38. The van der Waals surface area contributed by atoms with Crippen molar-refractivity contribution in [2.24, 2.45) is 0 Å². The average molecular weight is 303 g/mol. The van der Waals surface area contributed by atoms with E-state index in [-0.39, 0.29) is 12.1 Å². The smallest absolute Gasteiger partial charge is 0.104 e. The van der Waals surface area contributed by atoms with Crippen LogP contribution in [0.1, 0.15) is 23.3 Å². The molecule has 118 valence electrons. The summed E-state index contributed by atoms with van der Waals surface area (Å²) in [4.78, 5) is 2.50. The van der Waals surface area contributed by atoms with Crippen molar-refractivity contribution in [1.29, 1.82) is 0 Å². The number of hydrogen-bond acceptors (Lipinski definition) is 5. The number of fused-ring (bicyclic) bond motifs is 3. The number of epoxide rings is 3. The molecule has 3 heterocycles. The Morgan fingerprint density at radius 1 is 0.864 bits per heavy atom. The van der Waals surface area contributed by atoms with E-state index in [2.05, 4.69) is 29.2 Å². The highest BCUT2D eigenvalue weighted by atomic mass is 16.6. The molecule has 0 N–H and O–H groups in total. The maximum absolute atomic E-state index is 6.23. The van der Waals surface area contributed by atoms with Crippen molar-refractivity contribution < 1.29 is 18.9 Å². The summed E-state index contributed by atoms with van der Waals surface area (Å²) in [6.45, 7) is 5.21. The van der Waals surface area contributed by atoms with Crippen LogP contribution in [0, 0.1) is 0 Å². The fraction of sp³-hybridized carbons (Fsp3) is 0.647. The second-order valence-electron chi connectivity index (χ2n) is 6.69.